The van der Waals surface area contributed by atoms with Crippen LogP contribution in [0, 0.1) is 5.41 Å². The molecule has 1 aromatic carbocycles. The topological polar surface area (TPSA) is 17.1 Å². The monoisotopic (exact) mass is 212 g/mol. The highest BCUT2D eigenvalue weighted by atomic mass is 16.1. The van der Waals surface area contributed by atoms with Crippen LogP contribution in [0.1, 0.15) is 25.8 Å². The molecule has 0 spiro atoms. The molecule has 0 N–H and O–H groups in total. The van der Waals surface area contributed by atoms with Crippen molar-refractivity contribution in [1.29, 1.82) is 0 Å². The number of allylic oxidation sites excluding steroid dienone is 3. The Morgan fingerprint density at radius 2 is 1.94 bits per heavy atom. The highest BCUT2D eigenvalue weighted by Crippen LogP contribution is 2.49. The van der Waals surface area contributed by atoms with Gasteiger partial charge >= 0.3 is 0 Å². The molecule has 0 aliphatic heterocycles. The molecule has 82 valence electrons. The quantitative estimate of drug-likeness (QED) is 0.540. The average molecular weight is 212 g/mol. The van der Waals surface area contributed by atoms with Crippen LogP contribution in [-0.4, -0.2) is 6.29 Å². The third-order valence-corrected chi connectivity index (χ3v) is 3.46. The van der Waals surface area contributed by atoms with Crippen molar-refractivity contribution >= 4 is 11.9 Å². The number of benzene rings is 1. The van der Waals surface area contributed by atoms with Crippen LogP contribution in [0.25, 0.3) is 5.57 Å². The zero-order valence-corrected chi connectivity index (χ0v) is 9.79. The van der Waals surface area contributed by atoms with Gasteiger partial charge in [-0.2, -0.15) is 0 Å². The van der Waals surface area contributed by atoms with Gasteiger partial charge in [-0.1, -0.05) is 48.1 Å². The lowest BCUT2D eigenvalue weighted by molar-refractivity contribution is -0.111. The molecule has 0 heterocycles. The Balaban J connectivity index is 2.59. The molecule has 1 heteroatoms. The standard InChI is InChI=1S/C15H16O/c1-11-9-12(2)15(3,10-16)14(11)13-7-5-4-6-8-13/h4-8,10H,2,9H2,1,3H3. The van der Waals surface area contributed by atoms with Crippen LogP contribution in [0.5, 0.6) is 0 Å². The Labute approximate surface area is 96.5 Å². The molecule has 1 aromatic rings. The maximum atomic E-state index is 11.4. The van der Waals surface area contributed by atoms with Crippen molar-refractivity contribution in [2.75, 3.05) is 0 Å². The van der Waals surface area contributed by atoms with Gasteiger partial charge in [-0.25, -0.2) is 0 Å². The molecule has 0 radical (unpaired) electrons. The van der Waals surface area contributed by atoms with Gasteiger partial charge in [-0.3, -0.25) is 0 Å². The van der Waals surface area contributed by atoms with Gasteiger partial charge in [0.1, 0.15) is 6.29 Å². The fraction of sp³-hybridized carbons (Fsp3) is 0.267. The molecule has 0 saturated heterocycles. The summed E-state index contributed by atoms with van der Waals surface area (Å²) < 4.78 is 0. The summed E-state index contributed by atoms with van der Waals surface area (Å²) in [5.74, 6) is 0. The first-order valence-electron chi connectivity index (χ1n) is 5.50. The van der Waals surface area contributed by atoms with Crippen molar-refractivity contribution in [2.45, 2.75) is 20.3 Å². The maximum Gasteiger partial charge on any atom is 0.134 e. The van der Waals surface area contributed by atoms with Crippen LogP contribution < -0.4 is 0 Å². The minimum Gasteiger partial charge on any atom is -0.302 e. The molecule has 0 saturated carbocycles. The van der Waals surface area contributed by atoms with Gasteiger partial charge in [0.05, 0.1) is 5.41 Å². The van der Waals surface area contributed by atoms with E-state index in [1.807, 2.05) is 25.1 Å². The summed E-state index contributed by atoms with van der Waals surface area (Å²) in [5.41, 5.74) is 4.01. The second-order valence-corrected chi connectivity index (χ2v) is 4.62. The van der Waals surface area contributed by atoms with Crippen LogP contribution in [0.4, 0.5) is 0 Å². The zero-order valence-electron chi connectivity index (χ0n) is 9.79. The maximum absolute atomic E-state index is 11.4. The molecule has 1 unspecified atom stereocenters. The first kappa shape index (κ1) is 10.9. The number of carbonyl (C=O) groups excluding carboxylic acids is 1. The highest BCUT2D eigenvalue weighted by molar-refractivity contribution is 5.92. The SMILES string of the molecule is C=C1CC(C)=C(c2ccccc2)C1(C)C=O. The van der Waals surface area contributed by atoms with E-state index in [9.17, 15) is 4.79 Å². The van der Waals surface area contributed by atoms with E-state index in [-0.39, 0.29) is 0 Å². The molecule has 0 fully saturated rings. The van der Waals surface area contributed by atoms with E-state index in [0.29, 0.717) is 0 Å². The average Bonchev–Trinajstić information content (AvgIpc) is 2.52. The van der Waals surface area contributed by atoms with Gasteiger partial charge in [-0.05, 0) is 31.4 Å². The van der Waals surface area contributed by atoms with Gasteiger partial charge in [0, 0.05) is 0 Å². The van der Waals surface area contributed by atoms with Gasteiger partial charge < -0.3 is 4.79 Å². The number of carbonyl (C=O) groups is 1. The number of aldehydes is 1. The van der Waals surface area contributed by atoms with Crippen LogP contribution >= 0.6 is 0 Å². The van der Waals surface area contributed by atoms with E-state index < -0.39 is 5.41 Å². The van der Waals surface area contributed by atoms with E-state index in [1.165, 1.54) is 5.57 Å². The summed E-state index contributed by atoms with van der Waals surface area (Å²) in [7, 11) is 0. The molecule has 1 aliphatic carbocycles. The minimum absolute atomic E-state index is 0.508. The molecule has 0 amide bonds. The van der Waals surface area contributed by atoms with Crippen molar-refractivity contribution in [3.05, 3.63) is 53.6 Å². The second-order valence-electron chi connectivity index (χ2n) is 4.62. The predicted molar refractivity (Wildman–Crippen MR) is 67.0 cm³/mol. The van der Waals surface area contributed by atoms with E-state index in [0.717, 1.165) is 29.4 Å². The summed E-state index contributed by atoms with van der Waals surface area (Å²) in [6.45, 7) is 8.08. The van der Waals surface area contributed by atoms with Crippen molar-refractivity contribution in [3.8, 4) is 0 Å². The molecule has 1 aliphatic rings. The van der Waals surface area contributed by atoms with E-state index in [1.54, 1.807) is 0 Å². The van der Waals surface area contributed by atoms with Gasteiger partial charge in [0.2, 0.25) is 0 Å². The van der Waals surface area contributed by atoms with Crippen LogP contribution in [0.3, 0.4) is 0 Å². The molecule has 1 nitrogen and oxygen atoms in total. The summed E-state index contributed by atoms with van der Waals surface area (Å²) in [5, 5.41) is 0. The van der Waals surface area contributed by atoms with Crippen LogP contribution in [-0.2, 0) is 4.79 Å². The third kappa shape index (κ3) is 1.44. The number of rotatable bonds is 2. The fourth-order valence-corrected chi connectivity index (χ4v) is 2.51. The van der Waals surface area contributed by atoms with Crippen molar-refractivity contribution < 1.29 is 4.79 Å². The van der Waals surface area contributed by atoms with Crippen molar-refractivity contribution in [3.63, 3.8) is 0 Å². The third-order valence-electron chi connectivity index (χ3n) is 3.46. The van der Waals surface area contributed by atoms with Crippen molar-refractivity contribution in [2.24, 2.45) is 5.41 Å². The highest BCUT2D eigenvalue weighted by Gasteiger charge is 2.38. The normalized spacial score (nSPS) is 25.0. The van der Waals surface area contributed by atoms with Gasteiger partial charge in [0.25, 0.3) is 0 Å². The van der Waals surface area contributed by atoms with Crippen molar-refractivity contribution in [1.82, 2.24) is 0 Å². The van der Waals surface area contributed by atoms with E-state index in [4.69, 9.17) is 0 Å². The summed E-state index contributed by atoms with van der Waals surface area (Å²) in [6, 6.07) is 10.1. The molecule has 0 bridgehead atoms. The molecule has 16 heavy (non-hydrogen) atoms. The van der Waals surface area contributed by atoms with Gasteiger partial charge in [-0.15, -0.1) is 0 Å². The molecule has 1 atom stereocenters. The lowest BCUT2D eigenvalue weighted by atomic mass is 9.78. The van der Waals surface area contributed by atoms with E-state index >= 15 is 0 Å². The molecule has 2 rings (SSSR count). The zero-order chi connectivity index (χ0) is 11.8. The van der Waals surface area contributed by atoms with Crippen LogP contribution in [0.15, 0.2) is 48.1 Å². The Hall–Kier alpha value is -1.63. The molecular formula is C15H16O. The lowest BCUT2D eigenvalue weighted by Gasteiger charge is -2.23. The van der Waals surface area contributed by atoms with Gasteiger partial charge in [0.15, 0.2) is 0 Å². The molecule has 0 aromatic heterocycles. The minimum atomic E-state index is -0.508. The fourth-order valence-electron chi connectivity index (χ4n) is 2.51. The smallest absolute Gasteiger partial charge is 0.134 e. The second kappa shape index (κ2) is 3.75. The summed E-state index contributed by atoms with van der Waals surface area (Å²) in [4.78, 5) is 11.4. The van der Waals surface area contributed by atoms with E-state index in [2.05, 4.69) is 25.6 Å². The summed E-state index contributed by atoms with van der Waals surface area (Å²) >= 11 is 0. The largest absolute Gasteiger partial charge is 0.302 e. The van der Waals surface area contributed by atoms with Crippen LogP contribution in [0.2, 0.25) is 0 Å². The first-order valence-corrected chi connectivity index (χ1v) is 5.50. The predicted octanol–water partition coefficient (Wildman–Crippen LogP) is 3.63. The Morgan fingerprint density at radius 3 is 2.50 bits per heavy atom. The molecular weight excluding hydrogens is 196 g/mol. The number of hydrogen-bond acceptors (Lipinski definition) is 1. The first-order chi connectivity index (χ1) is 7.59. The Bertz CT molecular complexity index is 467. The Kier molecular flexibility index (Phi) is 2.55. The lowest BCUT2D eigenvalue weighted by Crippen LogP contribution is -2.18. The Morgan fingerprint density at radius 1 is 1.31 bits per heavy atom. The number of hydrogen-bond donors (Lipinski definition) is 0. The summed E-state index contributed by atoms with van der Waals surface area (Å²) in [6.07, 6.45) is 1.85.